The second kappa shape index (κ2) is 10.7. The summed E-state index contributed by atoms with van der Waals surface area (Å²) in [7, 11) is 3.26. The monoisotopic (exact) mass is 390 g/mol. The summed E-state index contributed by atoms with van der Waals surface area (Å²) in [5.74, 6) is 1.61. The number of piperidine rings is 1. The summed E-state index contributed by atoms with van der Waals surface area (Å²) in [6.07, 6.45) is 6.09. The summed E-state index contributed by atoms with van der Waals surface area (Å²) in [6.45, 7) is 5.55. The van der Waals surface area contributed by atoms with Crippen LogP contribution in [-0.2, 0) is 16.0 Å². The van der Waals surface area contributed by atoms with Crippen LogP contribution in [0, 0.1) is 0 Å². The van der Waals surface area contributed by atoms with Crippen LogP contribution in [0.3, 0.4) is 0 Å². The number of ether oxygens (including phenoxy) is 3. The summed E-state index contributed by atoms with van der Waals surface area (Å²) >= 11 is 0. The van der Waals surface area contributed by atoms with Gasteiger partial charge in [0, 0.05) is 38.4 Å². The molecule has 1 aromatic rings. The van der Waals surface area contributed by atoms with Gasteiger partial charge in [0.25, 0.3) is 0 Å². The van der Waals surface area contributed by atoms with Gasteiger partial charge in [-0.05, 0) is 56.5 Å². The van der Waals surface area contributed by atoms with Gasteiger partial charge >= 0.3 is 0 Å². The van der Waals surface area contributed by atoms with Gasteiger partial charge in [-0.1, -0.05) is 6.42 Å². The number of carbonyl (C=O) groups excluding carboxylic acids is 1. The van der Waals surface area contributed by atoms with E-state index in [2.05, 4.69) is 9.80 Å². The first-order valence-electron chi connectivity index (χ1n) is 10.5. The molecule has 0 aliphatic carbocycles. The van der Waals surface area contributed by atoms with Crippen LogP contribution in [-0.4, -0.2) is 75.4 Å². The second-order valence-electron chi connectivity index (χ2n) is 7.73. The van der Waals surface area contributed by atoms with Gasteiger partial charge in [-0.25, -0.2) is 0 Å². The zero-order valence-electron chi connectivity index (χ0n) is 17.3. The lowest BCUT2D eigenvalue weighted by molar-refractivity contribution is -0.135. The van der Waals surface area contributed by atoms with Crippen molar-refractivity contribution in [3.05, 3.63) is 23.8 Å². The summed E-state index contributed by atoms with van der Waals surface area (Å²) in [5.41, 5.74) is 0.927. The maximum absolute atomic E-state index is 13.3. The number of rotatable bonds is 8. The van der Waals surface area contributed by atoms with Gasteiger partial charge in [0.1, 0.15) is 11.5 Å². The maximum atomic E-state index is 13.3. The minimum absolute atomic E-state index is 0.180. The number of carbonyl (C=O) groups is 1. The van der Waals surface area contributed by atoms with Gasteiger partial charge in [0.05, 0.1) is 20.6 Å². The molecular formula is C22H34N2O4. The van der Waals surface area contributed by atoms with Gasteiger partial charge in [0.15, 0.2) is 0 Å². The van der Waals surface area contributed by atoms with Gasteiger partial charge in [-0.15, -0.1) is 0 Å². The molecule has 0 spiro atoms. The topological polar surface area (TPSA) is 51.2 Å². The van der Waals surface area contributed by atoms with E-state index in [0.29, 0.717) is 17.9 Å². The average Bonchev–Trinajstić information content (AvgIpc) is 2.75. The fourth-order valence-corrected chi connectivity index (χ4v) is 4.18. The maximum Gasteiger partial charge on any atom is 0.227 e. The molecule has 0 bridgehead atoms. The fourth-order valence-electron chi connectivity index (χ4n) is 4.18. The first kappa shape index (κ1) is 20.9. The lowest BCUT2D eigenvalue weighted by Gasteiger charge is -2.36. The third-order valence-electron chi connectivity index (χ3n) is 5.82. The number of benzene rings is 1. The Bertz CT molecular complexity index is 603. The molecule has 0 unspecified atom stereocenters. The smallest absolute Gasteiger partial charge is 0.227 e. The van der Waals surface area contributed by atoms with Crippen molar-refractivity contribution in [3.63, 3.8) is 0 Å². The molecule has 1 amide bonds. The molecule has 2 aliphatic heterocycles. The van der Waals surface area contributed by atoms with Crippen molar-refractivity contribution < 1.29 is 19.0 Å². The molecule has 0 saturated carbocycles. The van der Waals surface area contributed by atoms with E-state index in [4.69, 9.17) is 14.2 Å². The van der Waals surface area contributed by atoms with E-state index in [1.54, 1.807) is 14.2 Å². The van der Waals surface area contributed by atoms with Crippen molar-refractivity contribution in [2.75, 3.05) is 53.6 Å². The highest BCUT2D eigenvalue weighted by Crippen LogP contribution is 2.24. The van der Waals surface area contributed by atoms with Crippen LogP contribution in [0.2, 0.25) is 0 Å². The molecule has 0 radical (unpaired) electrons. The van der Waals surface area contributed by atoms with Crippen molar-refractivity contribution in [3.8, 4) is 11.5 Å². The zero-order chi connectivity index (χ0) is 19.8. The van der Waals surface area contributed by atoms with Gasteiger partial charge < -0.3 is 24.0 Å². The molecular weight excluding hydrogens is 356 g/mol. The summed E-state index contributed by atoms with van der Waals surface area (Å²) in [5, 5.41) is 0. The first-order valence-corrected chi connectivity index (χ1v) is 10.5. The molecule has 3 rings (SSSR count). The number of hydrogen-bond donors (Lipinski definition) is 0. The van der Waals surface area contributed by atoms with E-state index >= 15 is 0 Å². The van der Waals surface area contributed by atoms with Gasteiger partial charge in [-0.3, -0.25) is 4.79 Å². The molecule has 0 N–H and O–H groups in total. The predicted octanol–water partition coefficient (Wildman–Crippen LogP) is 2.74. The Balaban J connectivity index is 1.68. The summed E-state index contributed by atoms with van der Waals surface area (Å²) in [4.78, 5) is 17.9. The van der Waals surface area contributed by atoms with E-state index in [0.717, 1.165) is 57.8 Å². The van der Waals surface area contributed by atoms with Crippen LogP contribution >= 0.6 is 0 Å². The Morgan fingerprint density at radius 3 is 2.32 bits per heavy atom. The Labute approximate surface area is 168 Å². The second-order valence-corrected chi connectivity index (χ2v) is 7.73. The van der Waals surface area contributed by atoms with Crippen LogP contribution in [0.15, 0.2) is 18.2 Å². The van der Waals surface area contributed by atoms with Crippen molar-refractivity contribution in [1.29, 1.82) is 0 Å². The van der Waals surface area contributed by atoms with Crippen molar-refractivity contribution in [1.82, 2.24) is 9.80 Å². The van der Waals surface area contributed by atoms with E-state index in [9.17, 15) is 4.79 Å². The van der Waals surface area contributed by atoms with E-state index in [-0.39, 0.29) is 11.9 Å². The van der Waals surface area contributed by atoms with Crippen molar-refractivity contribution >= 4 is 5.91 Å². The Hall–Kier alpha value is -1.79. The molecule has 1 aromatic carbocycles. The van der Waals surface area contributed by atoms with Crippen molar-refractivity contribution in [2.24, 2.45) is 0 Å². The van der Waals surface area contributed by atoms with Gasteiger partial charge in [-0.2, -0.15) is 0 Å². The molecule has 2 aliphatic rings. The minimum Gasteiger partial charge on any atom is -0.497 e. The molecule has 28 heavy (non-hydrogen) atoms. The Morgan fingerprint density at radius 1 is 1.07 bits per heavy atom. The molecule has 0 atom stereocenters. The quantitative estimate of drug-likeness (QED) is 0.683. The average molecular weight is 391 g/mol. The number of likely N-dealkylation sites (tertiary alicyclic amines) is 1. The van der Waals surface area contributed by atoms with Crippen molar-refractivity contribution in [2.45, 2.75) is 44.6 Å². The number of nitrogens with zero attached hydrogens (tertiary/aromatic N) is 2. The lowest BCUT2D eigenvalue weighted by Crippen LogP contribution is -2.48. The first-order chi connectivity index (χ1) is 13.7. The van der Waals surface area contributed by atoms with Crippen LogP contribution < -0.4 is 9.47 Å². The normalized spacial score (nSPS) is 18.6. The summed E-state index contributed by atoms with van der Waals surface area (Å²) in [6, 6.07) is 5.96. The lowest BCUT2D eigenvalue weighted by atomic mass is 10.0. The van der Waals surface area contributed by atoms with E-state index in [1.807, 2.05) is 18.2 Å². The van der Waals surface area contributed by atoms with Gasteiger partial charge in [0.2, 0.25) is 5.91 Å². The SMILES string of the molecule is COc1cc(CC(=O)N(CCN2CCCCC2)C2CCOCC2)cc(OC)c1. The molecule has 0 aromatic heterocycles. The zero-order valence-corrected chi connectivity index (χ0v) is 17.3. The summed E-state index contributed by atoms with van der Waals surface area (Å²) < 4.78 is 16.2. The third-order valence-corrected chi connectivity index (χ3v) is 5.82. The molecule has 2 saturated heterocycles. The molecule has 156 valence electrons. The molecule has 2 heterocycles. The van der Waals surface area contributed by atoms with Crippen LogP contribution in [0.25, 0.3) is 0 Å². The van der Waals surface area contributed by atoms with Crippen LogP contribution in [0.1, 0.15) is 37.7 Å². The standard InChI is InChI=1S/C22H34N2O4/c1-26-20-14-18(15-21(17-20)27-2)16-22(25)24(19-6-12-28-13-7-19)11-10-23-8-4-3-5-9-23/h14-15,17,19H,3-13,16H2,1-2H3. The number of hydrogen-bond acceptors (Lipinski definition) is 5. The van der Waals surface area contributed by atoms with Crippen LogP contribution in [0.5, 0.6) is 11.5 Å². The number of methoxy groups -OCH3 is 2. The predicted molar refractivity (Wildman–Crippen MR) is 109 cm³/mol. The number of amides is 1. The highest BCUT2D eigenvalue weighted by atomic mass is 16.5. The highest BCUT2D eigenvalue weighted by Gasteiger charge is 2.26. The highest BCUT2D eigenvalue weighted by molar-refractivity contribution is 5.79. The Kier molecular flexibility index (Phi) is 7.98. The fraction of sp³-hybridized carbons (Fsp3) is 0.682. The molecule has 2 fully saturated rings. The van der Waals surface area contributed by atoms with Crippen LogP contribution in [0.4, 0.5) is 0 Å². The third kappa shape index (κ3) is 5.85. The largest absolute Gasteiger partial charge is 0.497 e. The molecule has 6 nitrogen and oxygen atoms in total. The van der Waals surface area contributed by atoms with E-state index in [1.165, 1.54) is 19.3 Å². The van der Waals surface area contributed by atoms with E-state index < -0.39 is 0 Å². The molecule has 6 heteroatoms. The Morgan fingerprint density at radius 2 is 1.71 bits per heavy atom. The minimum atomic E-state index is 0.180.